The van der Waals surface area contributed by atoms with E-state index in [0.717, 1.165) is 0 Å². The Labute approximate surface area is 104 Å². The highest BCUT2D eigenvalue weighted by atomic mass is 32.1. The number of carboxylic acid groups (broad SMARTS) is 2. The molecule has 11 heteroatoms. The quantitative estimate of drug-likeness (QED) is 0.622. The number of halogens is 4. The lowest BCUT2D eigenvalue weighted by Gasteiger charge is -2.05. The summed E-state index contributed by atoms with van der Waals surface area (Å²) < 4.78 is 68.1. The van der Waals surface area contributed by atoms with Crippen LogP contribution in [0.1, 0.15) is 20.7 Å². The van der Waals surface area contributed by atoms with Crippen LogP contribution in [0, 0.1) is 23.3 Å². The second kappa shape index (κ2) is 6.58. The van der Waals surface area contributed by atoms with Gasteiger partial charge in [0.2, 0.25) is 0 Å². The minimum absolute atomic E-state index is 0.750. The van der Waals surface area contributed by atoms with E-state index in [1.54, 1.807) is 0 Å². The molecule has 0 bridgehead atoms. The molecule has 0 fully saturated rings. The van der Waals surface area contributed by atoms with E-state index in [9.17, 15) is 27.2 Å². The Balaban J connectivity index is 0.000000982. The summed E-state index contributed by atoms with van der Waals surface area (Å²) in [7, 11) is 0. The van der Waals surface area contributed by atoms with Crippen molar-refractivity contribution >= 4 is 23.5 Å². The predicted octanol–water partition coefficient (Wildman–Crippen LogP) is 0.969. The van der Waals surface area contributed by atoms with Gasteiger partial charge in [0.25, 0.3) is 0 Å². The van der Waals surface area contributed by atoms with Crippen LogP contribution in [0.3, 0.4) is 0 Å². The first-order valence-corrected chi connectivity index (χ1v) is 4.61. The van der Waals surface area contributed by atoms with Gasteiger partial charge in [-0.1, -0.05) is 0 Å². The zero-order chi connectivity index (χ0) is 15.3. The molecule has 2 N–H and O–H groups in total. The molecular weight excluding hydrogens is 300 g/mol. The molecule has 1 rings (SSSR count). The van der Waals surface area contributed by atoms with Crippen LogP contribution >= 0.6 is 0 Å². The Morgan fingerprint density at radius 3 is 1.00 bits per heavy atom. The predicted molar refractivity (Wildman–Crippen MR) is 49.1 cm³/mol. The minimum Gasteiger partial charge on any atom is -0.477 e. The molecule has 0 aliphatic rings. The number of carboxylic acids is 2. The Hall–Kier alpha value is -2.30. The van der Waals surface area contributed by atoms with E-state index in [0.29, 0.717) is 0 Å². The summed E-state index contributed by atoms with van der Waals surface area (Å²) in [6, 6.07) is 0. The van der Waals surface area contributed by atoms with Crippen molar-refractivity contribution in [2.75, 3.05) is 0 Å². The van der Waals surface area contributed by atoms with Crippen molar-refractivity contribution in [3.8, 4) is 0 Å². The first-order chi connectivity index (χ1) is 8.70. The van der Waals surface area contributed by atoms with Crippen molar-refractivity contribution in [3.05, 3.63) is 34.4 Å². The lowest BCUT2D eigenvalue weighted by molar-refractivity contribution is 0.0658. The van der Waals surface area contributed by atoms with Gasteiger partial charge in [-0.15, -0.1) is 0 Å². The molecule has 0 aromatic heterocycles. The lowest BCUT2D eigenvalue weighted by atomic mass is 10.1. The molecule has 0 spiro atoms. The van der Waals surface area contributed by atoms with E-state index in [4.69, 9.17) is 18.6 Å². The number of aromatic carboxylic acids is 2. The van der Waals surface area contributed by atoms with Crippen LogP contribution in [-0.2, 0) is 11.6 Å². The minimum atomic E-state index is -2.26. The van der Waals surface area contributed by atoms with Gasteiger partial charge in [-0.2, -0.15) is 8.42 Å². The van der Waals surface area contributed by atoms with Crippen molar-refractivity contribution in [1.82, 2.24) is 0 Å². The second-order valence-corrected chi connectivity index (χ2v) is 2.82. The third kappa shape index (κ3) is 3.34. The summed E-state index contributed by atoms with van der Waals surface area (Å²) >= 11 is -0.750. The maximum Gasteiger partial charge on any atom is 0.341 e. The summed E-state index contributed by atoms with van der Waals surface area (Å²) in [6.07, 6.45) is 0. The van der Waals surface area contributed by atoms with E-state index in [2.05, 4.69) is 0 Å². The van der Waals surface area contributed by atoms with Gasteiger partial charge < -0.3 is 10.2 Å². The van der Waals surface area contributed by atoms with Crippen LogP contribution in [0.5, 0.6) is 0 Å². The average Bonchev–Trinajstić information content (AvgIpc) is 2.27. The summed E-state index contributed by atoms with van der Waals surface area (Å²) in [5, 5.41) is 16.5. The van der Waals surface area contributed by atoms with Crippen LogP contribution in [-0.4, -0.2) is 30.6 Å². The molecule has 0 amide bonds. The Kier molecular flexibility index (Phi) is 5.79. The van der Waals surface area contributed by atoms with Crippen molar-refractivity contribution < 1.29 is 45.8 Å². The molecular formula is C8H2F4O6S. The Morgan fingerprint density at radius 2 is 0.895 bits per heavy atom. The Morgan fingerprint density at radius 1 is 0.737 bits per heavy atom. The molecule has 0 saturated heterocycles. The number of hydrogen-bond donors (Lipinski definition) is 2. The molecule has 0 aliphatic heterocycles. The fourth-order valence-corrected chi connectivity index (χ4v) is 1.01. The highest BCUT2D eigenvalue weighted by Crippen LogP contribution is 2.24. The van der Waals surface area contributed by atoms with E-state index in [1.165, 1.54) is 0 Å². The standard InChI is InChI=1S/C8H2F4O4.O2S/c9-3-1(7(13)14)4(10)6(12)2(5(3)11)8(15)16;1-3-2/h(H,13,14)(H,15,16);. The zero-order valence-corrected chi connectivity index (χ0v) is 9.26. The van der Waals surface area contributed by atoms with E-state index >= 15 is 0 Å². The van der Waals surface area contributed by atoms with Crippen LogP contribution in [0.25, 0.3) is 0 Å². The molecule has 0 aliphatic carbocycles. The van der Waals surface area contributed by atoms with Crippen LogP contribution < -0.4 is 0 Å². The second-order valence-electron chi connectivity index (χ2n) is 2.68. The fourth-order valence-electron chi connectivity index (χ4n) is 1.01. The first-order valence-electron chi connectivity index (χ1n) is 3.94. The maximum atomic E-state index is 12.9. The maximum absolute atomic E-state index is 12.9. The molecule has 6 nitrogen and oxygen atoms in total. The van der Waals surface area contributed by atoms with Crippen molar-refractivity contribution in [3.63, 3.8) is 0 Å². The number of benzene rings is 1. The van der Waals surface area contributed by atoms with Crippen molar-refractivity contribution in [1.29, 1.82) is 0 Å². The van der Waals surface area contributed by atoms with Gasteiger partial charge in [0.05, 0.1) is 0 Å². The summed E-state index contributed by atoms with van der Waals surface area (Å²) in [5.41, 5.74) is -3.75. The van der Waals surface area contributed by atoms with Gasteiger partial charge in [-0.25, -0.2) is 27.2 Å². The number of rotatable bonds is 2. The first kappa shape index (κ1) is 16.7. The molecule has 0 atom stereocenters. The van der Waals surface area contributed by atoms with E-state index < -0.39 is 57.9 Å². The molecule has 1 aromatic rings. The largest absolute Gasteiger partial charge is 0.477 e. The van der Waals surface area contributed by atoms with Crippen LogP contribution in [0.4, 0.5) is 17.6 Å². The molecule has 1 aromatic carbocycles. The molecule has 0 heterocycles. The van der Waals surface area contributed by atoms with Gasteiger partial charge >= 0.3 is 23.5 Å². The van der Waals surface area contributed by atoms with E-state index in [-0.39, 0.29) is 0 Å². The summed E-state index contributed by atoms with van der Waals surface area (Å²) in [6.45, 7) is 0. The summed E-state index contributed by atoms with van der Waals surface area (Å²) in [5.74, 6) is -13.5. The van der Waals surface area contributed by atoms with Crippen molar-refractivity contribution in [2.24, 2.45) is 0 Å². The average molecular weight is 302 g/mol. The molecule has 0 unspecified atom stereocenters. The van der Waals surface area contributed by atoms with Crippen LogP contribution in [0.2, 0.25) is 0 Å². The van der Waals surface area contributed by atoms with Crippen molar-refractivity contribution in [2.45, 2.75) is 0 Å². The highest BCUT2D eigenvalue weighted by molar-refractivity contribution is 7.51. The third-order valence-corrected chi connectivity index (χ3v) is 1.69. The highest BCUT2D eigenvalue weighted by Gasteiger charge is 2.31. The zero-order valence-electron chi connectivity index (χ0n) is 8.45. The molecule has 104 valence electrons. The molecule has 0 saturated carbocycles. The fraction of sp³-hybridized carbons (Fsp3) is 0. The number of hydrogen-bond acceptors (Lipinski definition) is 4. The topological polar surface area (TPSA) is 109 Å². The number of carbonyl (C=O) groups is 2. The van der Waals surface area contributed by atoms with E-state index in [1.807, 2.05) is 0 Å². The molecule has 0 radical (unpaired) electrons. The lowest BCUT2D eigenvalue weighted by Crippen LogP contribution is -2.15. The van der Waals surface area contributed by atoms with Gasteiger partial charge in [0.1, 0.15) is 11.1 Å². The Bertz CT molecular complexity index is 507. The van der Waals surface area contributed by atoms with Gasteiger partial charge in [0.15, 0.2) is 23.3 Å². The summed E-state index contributed by atoms with van der Waals surface area (Å²) in [4.78, 5) is 20.5. The normalized spacial score (nSPS) is 9.26. The van der Waals surface area contributed by atoms with Gasteiger partial charge in [-0.05, 0) is 0 Å². The van der Waals surface area contributed by atoms with Crippen LogP contribution in [0.15, 0.2) is 0 Å². The van der Waals surface area contributed by atoms with Gasteiger partial charge in [0, 0.05) is 0 Å². The van der Waals surface area contributed by atoms with Gasteiger partial charge in [-0.3, -0.25) is 0 Å². The monoisotopic (exact) mass is 302 g/mol. The SMILES string of the molecule is O=C(O)c1c(F)c(F)c(C(=O)O)c(F)c1F.O=S=O. The molecule has 19 heavy (non-hydrogen) atoms. The third-order valence-electron chi connectivity index (χ3n) is 1.69. The smallest absolute Gasteiger partial charge is 0.341 e.